The maximum atomic E-state index is 12.8. The molecule has 4 N–H and O–H groups in total. The standard InChI is InChI=1S/C25H28N2O6/c28-13-21(22(29)30)27-23(31)25(11-5-6-12-25)15-26-24(32)33-14-20-18-9-3-1-7-16(18)17-8-2-4-10-19(17)20/h1-4,7-10,20-21,28H,5-6,11-15H2,(H,26,32)(H,27,31)(H,29,30)/t21-/m1/s1. The number of hydrogen-bond acceptors (Lipinski definition) is 5. The minimum absolute atomic E-state index is 0.0489. The SMILES string of the molecule is O=C(NCC1(C(=O)N[C@H](CO)C(=O)O)CCCC1)OCC1c2ccccc2-c2ccccc21. The number of carboxylic acid groups (broad SMARTS) is 1. The lowest BCUT2D eigenvalue weighted by atomic mass is 9.84. The number of nitrogens with one attached hydrogen (secondary N) is 2. The van der Waals surface area contributed by atoms with Crippen molar-refractivity contribution >= 4 is 18.0 Å². The van der Waals surface area contributed by atoms with Gasteiger partial charge in [-0.3, -0.25) is 4.79 Å². The quantitative estimate of drug-likeness (QED) is 0.488. The number of fused-ring (bicyclic) bond motifs is 3. The lowest BCUT2D eigenvalue weighted by molar-refractivity contribution is -0.145. The van der Waals surface area contributed by atoms with Crippen molar-refractivity contribution in [3.05, 3.63) is 59.7 Å². The van der Waals surface area contributed by atoms with Crippen LogP contribution < -0.4 is 10.6 Å². The van der Waals surface area contributed by atoms with E-state index in [1.165, 1.54) is 0 Å². The highest BCUT2D eigenvalue weighted by atomic mass is 16.5. The van der Waals surface area contributed by atoms with E-state index in [4.69, 9.17) is 9.84 Å². The number of alkyl carbamates (subject to hydrolysis) is 1. The fourth-order valence-corrected chi connectivity index (χ4v) is 4.92. The molecule has 0 spiro atoms. The van der Waals surface area contributed by atoms with E-state index < -0.39 is 36.0 Å². The third-order valence-corrected chi connectivity index (χ3v) is 6.74. The van der Waals surface area contributed by atoms with E-state index in [0.29, 0.717) is 12.8 Å². The Morgan fingerprint density at radius 1 is 1.00 bits per heavy atom. The van der Waals surface area contributed by atoms with Crippen molar-refractivity contribution in [2.45, 2.75) is 37.6 Å². The van der Waals surface area contributed by atoms with Gasteiger partial charge >= 0.3 is 12.1 Å². The molecule has 8 nitrogen and oxygen atoms in total. The van der Waals surface area contributed by atoms with Gasteiger partial charge in [0.15, 0.2) is 0 Å². The summed E-state index contributed by atoms with van der Waals surface area (Å²) < 4.78 is 5.55. The first-order chi connectivity index (χ1) is 15.9. The van der Waals surface area contributed by atoms with Gasteiger partial charge in [0.1, 0.15) is 12.6 Å². The Morgan fingerprint density at radius 3 is 2.12 bits per heavy atom. The van der Waals surface area contributed by atoms with Crippen molar-refractivity contribution in [1.29, 1.82) is 0 Å². The molecule has 1 atom stereocenters. The molecule has 33 heavy (non-hydrogen) atoms. The molecule has 2 aliphatic carbocycles. The van der Waals surface area contributed by atoms with E-state index in [1.54, 1.807) is 0 Å². The summed E-state index contributed by atoms with van der Waals surface area (Å²) in [6, 6.07) is 14.8. The van der Waals surface area contributed by atoms with Crippen LogP contribution in [0.25, 0.3) is 11.1 Å². The number of amides is 2. The third kappa shape index (κ3) is 4.57. The minimum Gasteiger partial charge on any atom is -0.480 e. The van der Waals surface area contributed by atoms with Crippen molar-refractivity contribution < 1.29 is 29.3 Å². The highest BCUT2D eigenvalue weighted by Crippen LogP contribution is 2.44. The normalized spacial score (nSPS) is 17.0. The molecule has 0 bridgehead atoms. The van der Waals surface area contributed by atoms with Crippen LogP contribution in [-0.2, 0) is 14.3 Å². The number of aliphatic hydroxyl groups excluding tert-OH is 1. The zero-order valence-electron chi connectivity index (χ0n) is 18.3. The fourth-order valence-electron chi connectivity index (χ4n) is 4.92. The molecule has 0 saturated heterocycles. The molecule has 2 amide bonds. The van der Waals surface area contributed by atoms with Gasteiger partial charge in [-0.15, -0.1) is 0 Å². The van der Waals surface area contributed by atoms with Crippen LogP contribution in [0.1, 0.15) is 42.7 Å². The summed E-state index contributed by atoms with van der Waals surface area (Å²) in [5.41, 5.74) is 3.60. The van der Waals surface area contributed by atoms with E-state index in [1.807, 2.05) is 36.4 Å². The summed E-state index contributed by atoms with van der Waals surface area (Å²) in [4.78, 5) is 36.5. The monoisotopic (exact) mass is 452 g/mol. The maximum Gasteiger partial charge on any atom is 0.407 e. The Labute approximate surface area is 192 Å². The highest BCUT2D eigenvalue weighted by Gasteiger charge is 2.43. The summed E-state index contributed by atoms with van der Waals surface area (Å²) >= 11 is 0. The molecule has 0 heterocycles. The molecular weight excluding hydrogens is 424 g/mol. The Hall–Kier alpha value is -3.39. The molecule has 1 saturated carbocycles. The van der Waals surface area contributed by atoms with Crippen molar-refractivity contribution in [2.75, 3.05) is 19.8 Å². The predicted molar refractivity (Wildman–Crippen MR) is 121 cm³/mol. The van der Waals surface area contributed by atoms with Gasteiger partial charge in [-0.1, -0.05) is 61.4 Å². The third-order valence-electron chi connectivity index (χ3n) is 6.74. The molecule has 174 valence electrons. The van der Waals surface area contributed by atoms with E-state index in [-0.39, 0.29) is 19.1 Å². The van der Waals surface area contributed by atoms with E-state index >= 15 is 0 Å². The second kappa shape index (κ2) is 9.62. The number of ether oxygens (including phenoxy) is 1. The van der Waals surface area contributed by atoms with Gasteiger partial charge in [0.05, 0.1) is 12.0 Å². The molecule has 0 aromatic heterocycles. The summed E-state index contributed by atoms with van der Waals surface area (Å²) in [5.74, 6) is -1.84. The van der Waals surface area contributed by atoms with Crippen LogP contribution in [0.3, 0.4) is 0 Å². The number of carbonyl (C=O) groups is 3. The first-order valence-electron chi connectivity index (χ1n) is 11.2. The molecular formula is C25H28N2O6. The van der Waals surface area contributed by atoms with Crippen LogP contribution >= 0.6 is 0 Å². The predicted octanol–water partition coefficient (Wildman–Crippen LogP) is 2.65. The lowest BCUT2D eigenvalue weighted by Crippen LogP contribution is -2.52. The minimum atomic E-state index is -1.37. The van der Waals surface area contributed by atoms with E-state index in [0.717, 1.165) is 35.1 Å². The average Bonchev–Trinajstić information content (AvgIpc) is 3.43. The van der Waals surface area contributed by atoms with Gasteiger partial charge in [0.2, 0.25) is 5.91 Å². The second-order valence-electron chi connectivity index (χ2n) is 8.71. The first kappa shape index (κ1) is 22.8. The number of carbonyl (C=O) groups excluding carboxylic acids is 2. The molecule has 1 fully saturated rings. The van der Waals surface area contributed by atoms with Crippen molar-refractivity contribution in [3.63, 3.8) is 0 Å². The zero-order chi connectivity index (χ0) is 23.4. The number of benzene rings is 2. The van der Waals surface area contributed by atoms with Crippen LogP contribution in [-0.4, -0.2) is 54.0 Å². The largest absolute Gasteiger partial charge is 0.480 e. The summed E-state index contributed by atoms with van der Waals surface area (Å²) in [5, 5.41) is 23.4. The second-order valence-corrected chi connectivity index (χ2v) is 8.71. The first-order valence-corrected chi connectivity index (χ1v) is 11.2. The molecule has 8 heteroatoms. The Bertz CT molecular complexity index is 1000. The molecule has 2 aromatic carbocycles. The van der Waals surface area contributed by atoms with Crippen molar-refractivity contribution in [2.24, 2.45) is 5.41 Å². The van der Waals surface area contributed by atoms with Gasteiger partial charge in [-0.25, -0.2) is 9.59 Å². The number of aliphatic hydroxyl groups is 1. The fraction of sp³-hybridized carbons (Fsp3) is 0.400. The van der Waals surface area contributed by atoms with Gasteiger partial charge in [0.25, 0.3) is 0 Å². The topological polar surface area (TPSA) is 125 Å². The molecule has 4 rings (SSSR count). The average molecular weight is 453 g/mol. The molecule has 2 aromatic rings. The van der Waals surface area contributed by atoms with Gasteiger partial charge in [-0.2, -0.15) is 0 Å². The number of carboxylic acids is 1. The van der Waals surface area contributed by atoms with Crippen molar-refractivity contribution in [1.82, 2.24) is 10.6 Å². The van der Waals surface area contributed by atoms with Crippen molar-refractivity contribution in [3.8, 4) is 11.1 Å². The van der Waals surface area contributed by atoms with Gasteiger partial charge in [0, 0.05) is 12.5 Å². The molecule has 0 aliphatic heterocycles. The maximum absolute atomic E-state index is 12.8. The Morgan fingerprint density at radius 2 is 1.58 bits per heavy atom. The van der Waals surface area contributed by atoms with Crippen LogP contribution in [0.15, 0.2) is 48.5 Å². The zero-order valence-corrected chi connectivity index (χ0v) is 18.3. The number of rotatable bonds is 8. The number of aliphatic carboxylic acids is 1. The lowest BCUT2D eigenvalue weighted by Gasteiger charge is -2.29. The smallest absolute Gasteiger partial charge is 0.407 e. The van der Waals surface area contributed by atoms with Gasteiger partial charge in [-0.05, 0) is 35.1 Å². The molecule has 0 radical (unpaired) electrons. The Balaban J connectivity index is 1.38. The van der Waals surface area contributed by atoms with Crippen LogP contribution in [0.5, 0.6) is 0 Å². The van der Waals surface area contributed by atoms with Crippen LogP contribution in [0, 0.1) is 5.41 Å². The molecule has 0 unspecified atom stereocenters. The summed E-state index contributed by atoms with van der Waals surface area (Å²) in [6.07, 6.45) is 2.04. The van der Waals surface area contributed by atoms with E-state index in [9.17, 15) is 19.5 Å². The summed E-state index contributed by atoms with van der Waals surface area (Å²) in [7, 11) is 0. The van der Waals surface area contributed by atoms with Crippen LogP contribution in [0.2, 0.25) is 0 Å². The van der Waals surface area contributed by atoms with Crippen LogP contribution in [0.4, 0.5) is 4.79 Å². The van der Waals surface area contributed by atoms with E-state index in [2.05, 4.69) is 22.8 Å². The summed E-state index contributed by atoms with van der Waals surface area (Å²) in [6.45, 7) is -0.477. The number of hydrogen-bond donors (Lipinski definition) is 4. The Kier molecular flexibility index (Phi) is 6.65. The molecule has 2 aliphatic rings. The van der Waals surface area contributed by atoms with Gasteiger partial charge < -0.3 is 25.6 Å². The highest BCUT2D eigenvalue weighted by molar-refractivity contribution is 5.88.